The molecule has 0 aliphatic carbocycles. The number of unbranched alkanes of at least 4 members (excludes halogenated alkanes) is 5. The molecule has 2 aliphatic heterocycles. The van der Waals surface area contributed by atoms with Crippen molar-refractivity contribution in [2.75, 3.05) is 25.5 Å². The van der Waals surface area contributed by atoms with Crippen molar-refractivity contribution < 1.29 is 26.4 Å². The molecule has 3 rings (SSSR count). The Kier molecular flexibility index (Phi) is 10.0. The molecule has 2 heterocycles. The van der Waals surface area contributed by atoms with Crippen molar-refractivity contribution in [3.8, 4) is 0 Å². The lowest BCUT2D eigenvalue weighted by atomic mass is 9.89. The average molecular weight is 557 g/mol. The molecule has 1 spiro atoms. The van der Waals surface area contributed by atoms with Gasteiger partial charge in [-0.05, 0) is 74.4 Å². The number of amides is 1. The van der Waals surface area contributed by atoms with Gasteiger partial charge in [0.05, 0.1) is 0 Å². The monoisotopic (exact) mass is 556 g/mol. The molecule has 0 atom stereocenters. The first-order valence-electron chi connectivity index (χ1n) is 13.3. The number of carbonyl (C=O) groups is 1. The standard InChI is InChI=1S/C27H39F3N4O3S/c1-20-18-22(31-3)19-21(2)23(20)11-17-38(36,37)34-15-13-26(14-16-34)25(35)32-24(33-26)10-8-6-4-5-7-9-12-27(28,29)30/h11,17-19,31H,4-10,12-16H2,1-3H3,(H,32,33,35). The Morgan fingerprint density at radius 3 is 2.21 bits per heavy atom. The molecule has 0 unspecified atom stereocenters. The van der Waals surface area contributed by atoms with Crippen molar-refractivity contribution in [1.29, 1.82) is 0 Å². The summed E-state index contributed by atoms with van der Waals surface area (Å²) in [4.78, 5) is 17.4. The largest absolute Gasteiger partial charge is 0.389 e. The summed E-state index contributed by atoms with van der Waals surface area (Å²) in [5, 5.41) is 7.20. The summed E-state index contributed by atoms with van der Waals surface area (Å²) in [6, 6.07) is 3.94. The zero-order valence-corrected chi connectivity index (χ0v) is 23.3. The lowest BCUT2D eigenvalue weighted by Gasteiger charge is -2.34. The van der Waals surface area contributed by atoms with Crippen molar-refractivity contribution in [3.63, 3.8) is 0 Å². The number of aliphatic imine (C=N–C) groups is 1. The van der Waals surface area contributed by atoms with Crippen molar-refractivity contribution in [2.24, 2.45) is 4.99 Å². The highest BCUT2D eigenvalue weighted by Crippen LogP contribution is 2.32. The Morgan fingerprint density at radius 1 is 1.05 bits per heavy atom. The number of rotatable bonds is 12. The first kappa shape index (κ1) is 30.1. The van der Waals surface area contributed by atoms with Gasteiger partial charge in [0.2, 0.25) is 10.0 Å². The number of nitrogens with one attached hydrogen (secondary N) is 2. The summed E-state index contributed by atoms with van der Waals surface area (Å²) in [5.41, 5.74) is 2.87. The van der Waals surface area contributed by atoms with Gasteiger partial charge in [0, 0.05) is 44.1 Å². The van der Waals surface area contributed by atoms with Gasteiger partial charge in [0.25, 0.3) is 5.91 Å². The van der Waals surface area contributed by atoms with Gasteiger partial charge in [0.15, 0.2) is 0 Å². The smallest absolute Gasteiger partial charge is 0.388 e. The summed E-state index contributed by atoms with van der Waals surface area (Å²) >= 11 is 0. The van der Waals surface area contributed by atoms with Crippen LogP contribution in [0.2, 0.25) is 0 Å². The molecule has 1 aromatic carbocycles. The summed E-state index contributed by atoms with van der Waals surface area (Å²) in [6.45, 7) is 4.31. The Hall–Kier alpha value is -2.40. The predicted octanol–water partition coefficient (Wildman–Crippen LogP) is 5.69. The van der Waals surface area contributed by atoms with E-state index in [4.69, 9.17) is 0 Å². The Labute approximate surface area is 224 Å². The van der Waals surface area contributed by atoms with Gasteiger partial charge < -0.3 is 10.6 Å². The molecule has 212 valence electrons. The molecule has 2 N–H and O–H groups in total. The molecule has 0 aromatic heterocycles. The van der Waals surface area contributed by atoms with Crippen molar-refractivity contribution in [3.05, 3.63) is 34.2 Å². The van der Waals surface area contributed by atoms with Crippen LogP contribution in [0, 0.1) is 13.8 Å². The maximum absolute atomic E-state index is 13.0. The van der Waals surface area contributed by atoms with E-state index in [1.165, 1.54) is 9.71 Å². The van der Waals surface area contributed by atoms with E-state index >= 15 is 0 Å². The number of halogens is 3. The van der Waals surface area contributed by atoms with Crippen LogP contribution in [0.25, 0.3) is 6.08 Å². The van der Waals surface area contributed by atoms with Crippen LogP contribution in [0.3, 0.4) is 0 Å². The van der Waals surface area contributed by atoms with Crippen LogP contribution < -0.4 is 10.6 Å². The number of carbonyl (C=O) groups excluding carboxylic acids is 1. The molecule has 1 fully saturated rings. The fraction of sp³-hybridized carbons (Fsp3) is 0.630. The quantitative estimate of drug-likeness (QED) is 0.324. The minimum atomic E-state index is -4.08. The van der Waals surface area contributed by atoms with E-state index < -0.39 is 28.2 Å². The third-order valence-corrected chi connectivity index (χ3v) is 8.92. The topological polar surface area (TPSA) is 90.9 Å². The fourth-order valence-electron chi connectivity index (χ4n) is 5.10. The Morgan fingerprint density at radius 2 is 1.63 bits per heavy atom. The Bertz CT molecular complexity index is 1130. The van der Waals surface area contributed by atoms with Gasteiger partial charge in [-0.2, -0.15) is 17.5 Å². The number of benzene rings is 1. The molecule has 0 bridgehead atoms. The van der Waals surface area contributed by atoms with Gasteiger partial charge in [0.1, 0.15) is 11.4 Å². The van der Waals surface area contributed by atoms with Crippen LogP contribution in [0.1, 0.15) is 80.9 Å². The van der Waals surface area contributed by atoms with E-state index in [0.29, 0.717) is 31.5 Å². The van der Waals surface area contributed by atoms with Gasteiger partial charge in [-0.1, -0.05) is 25.7 Å². The fourth-order valence-corrected chi connectivity index (χ4v) is 6.27. The molecule has 2 aliphatic rings. The van der Waals surface area contributed by atoms with E-state index in [0.717, 1.165) is 48.1 Å². The summed E-state index contributed by atoms with van der Waals surface area (Å²) in [6.07, 6.45) is 2.09. The van der Waals surface area contributed by atoms with Crippen LogP contribution in [0.15, 0.2) is 22.5 Å². The molecule has 11 heteroatoms. The Balaban J connectivity index is 1.48. The number of alkyl halides is 3. The molecular formula is C27H39F3N4O3S. The maximum atomic E-state index is 13.0. The molecule has 1 aromatic rings. The summed E-state index contributed by atoms with van der Waals surface area (Å²) < 4.78 is 64.0. The minimum Gasteiger partial charge on any atom is -0.388 e. The molecule has 1 saturated heterocycles. The third kappa shape index (κ3) is 8.05. The van der Waals surface area contributed by atoms with Crippen molar-refractivity contribution in [2.45, 2.75) is 89.8 Å². The van der Waals surface area contributed by atoms with Gasteiger partial charge >= 0.3 is 6.18 Å². The predicted molar refractivity (Wildman–Crippen MR) is 146 cm³/mol. The zero-order chi connectivity index (χ0) is 28.0. The number of anilines is 1. The molecule has 1 amide bonds. The number of amidine groups is 1. The molecule has 0 radical (unpaired) electrons. The van der Waals surface area contributed by atoms with Crippen LogP contribution in [-0.2, 0) is 14.8 Å². The molecule has 0 saturated carbocycles. The van der Waals surface area contributed by atoms with Crippen LogP contribution in [0.4, 0.5) is 18.9 Å². The normalized spacial score (nSPS) is 18.3. The third-order valence-electron chi connectivity index (χ3n) is 7.35. The molecule has 7 nitrogen and oxygen atoms in total. The lowest BCUT2D eigenvalue weighted by Crippen LogP contribution is -2.50. The molecular weight excluding hydrogens is 517 g/mol. The minimum absolute atomic E-state index is 0.167. The number of nitrogens with zero attached hydrogens (tertiary/aromatic N) is 2. The van der Waals surface area contributed by atoms with Crippen molar-refractivity contribution >= 4 is 33.5 Å². The molecule has 38 heavy (non-hydrogen) atoms. The lowest BCUT2D eigenvalue weighted by molar-refractivity contribution is -0.135. The van der Waals surface area contributed by atoms with E-state index in [-0.39, 0.29) is 25.4 Å². The number of hydrogen-bond acceptors (Lipinski definition) is 5. The number of sulfonamides is 1. The van der Waals surface area contributed by atoms with E-state index in [1.807, 2.05) is 33.0 Å². The van der Waals surface area contributed by atoms with Gasteiger partial charge in [-0.3, -0.25) is 9.79 Å². The summed E-state index contributed by atoms with van der Waals surface area (Å²) in [7, 11) is -1.81. The van der Waals surface area contributed by atoms with Crippen molar-refractivity contribution in [1.82, 2.24) is 9.62 Å². The van der Waals surface area contributed by atoms with Gasteiger partial charge in [-0.25, -0.2) is 8.42 Å². The van der Waals surface area contributed by atoms with E-state index in [1.54, 1.807) is 6.08 Å². The second-order valence-electron chi connectivity index (χ2n) is 10.3. The highest BCUT2D eigenvalue weighted by molar-refractivity contribution is 7.92. The number of hydrogen-bond donors (Lipinski definition) is 2. The zero-order valence-electron chi connectivity index (χ0n) is 22.5. The second-order valence-corrected chi connectivity index (χ2v) is 12.1. The van der Waals surface area contributed by atoms with Gasteiger partial charge in [-0.15, -0.1) is 0 Å². The number of aryl methyl sites for hydroxylation is 2. The van der Waals surface area contributed by atoms with Crippen LogP contribution in [-0.4, -0.2) is 56.3 Å². The first-order chi connectivity index (χ1) is 17.8. The number of piperidine rings is 1. The SMILES string of the molecule is CNc1cc(C)c(C=CS(=O)(=O)N2CCC3(CC2)N=C(CCCCCCCCC(F)(F)F)NC3=O)c(C)c1. The first-order valence-corrected chi connectivity index (χ1v) is 14.8. The highest BCUT2D eigenvalue weighted by atomic mass is 32.2. The van der Waals surface area contributed by atoms with Crippen LogP contribution >= 0.6 is 0 Å². The average Bonchev–Trinajstić information content (AvgIpc) is 3.13. The second kappa shape index (κ2) is 12.6. The maximum Gasteiger partial charge on any atom is 0.389 e. The summed E-state index contributed by atoms with van der Waals surface area (Å²) in [5.74, 6) is 0.447. The van der Waals surface area contributed by atoms with E-state index in [2.05, 4.69) is 15.6 Å². The van der Waals surface area contributed by atoms with Crippen LogP contribution in [0.5, 0.6) is 0 Å². The van der Waals surface area contributed by atoms with E-state index in [9.17, 15) is 26.4 Å². The highest BCUT2D eigenvalue weighted by Gasteiger charge is 2.46.